The minimum Gasteiger partial charge on any atom is -0.352 e. The first-order valence-electron chi connectivity index (χ1n) is 8.07. The Kier molecular flexibility index (Phi) is 10.5. The standard InChI is InChI=1S/C18H28N2O2.ClH/c1-4-5-6-15(12-19)20-18(22)10-9-17(21)16-11-13(2)7-8-14(16)3;/h7-8,11,15H,4-6,9-10,12,19H2,1-3H3,(H,20,22);1H. The van der Waals surface area contributed by atoms with Gasteiger partial charge in [0, 0.05) is 31.0 Å². The second-order valence-corrected chi connectivity index (χ2v) is 5.88. The third-order valence-electron chi connectivity index (χ3n) is 3.83. The van der Waals surface area contributed by atoms with Crippen LogP contribution in [0.3, 0.4) is 0 Å². The summed E-state index contributed by atoms with van der Waals surface area (Å²) in [5.74, 6) is -0.0700. The van der Waals surface area contributed by atoms with Crippen molar-refractivity contribution in [1.29, 1.82) is 0 Å². The van der Waals surface area contributed by atoms with Crippen LogP contribution in [0.2, 0.25) is 0 Å². The van der Waals surface area contributed by atoms with Gasteiger partial charge in [-0.05, 0) is 31.9 Å². The number of carbonyl (C=O) groups excluding carboxylic acids is 2. The molecule has 130 valence electrons. The fourth-order valence-corrected chi connectivity index (χ4v) is 2.40. The van der Waals surface area contributed by atoms with Crippen LogP contribution in [0.25, 0.3) is 0 Å². The Morgan fingerprint density at radius 1 is 1.22 bits per heavy atom. The van der Waals surface area contributed by atoms with Gasteiger partial charge in [-0.15, -0.1) is 12.4 Å². The summed E-state index contributed by atoms with van der Waals surface area (Å²) in [6, 6.07) is 5.83. The monoisotopic (exact) mass is 340 g/mol. The number of unbranched alkanes of at least 4 members (excludes halogenated alkanes) is 1. The summed E-state index contributed by atoms with van der Waals surface area (Å²) in [6.45, 7) is 6.43. The highest BCUT2D eigenvalue weighted by molar-refractivity contribution is 5.99. The third-order valence-corrected chi connectivity index (χ3v) is 3.83. The molecule has 1 amide bonds. The number of benzene rings is 1. The van der Waals surface area contributed by atoms with E-state index in [2.05, 4.69) is 12.2 Å². The van der Waals surface area contributed by atoms with Crippen LogP contribution in [-0.2, 0) is 4.79 Å². The van der Waals surface area contributed by atoms with Crippen LogP contribution in [0.1, 0.15) is 60.5 Å². The Labute approximate surface area is 145 Å². The average Bonchev–Trinajstić information content (AvgIpc) is 2.51. The number of rotatable bonds is 9. The number of nitrogens with one attached hydrogen (secondary N) is 1. The summed E-state index contributed by atoms with van der Waals surface area (Å²) in [4.78, 5) is 24.2. The lowest BCUT2D eigenvalue weighted by molar-refractivity contribution is -0.121. The van der Waals surface area contributed by atoms with Gasteiger partial charge in [0.2, 0.25) is 5.91 Å². The molecular weight excluding hydrogens is 312 g/mol. The second kappa shape index (κ2) is 11.2. The van der Waals surface area contributed by atoms with Crippen molar-refractivity contribution in [3.8, 4) is 0 Å². The van der Waals surface area contributed by atoms with Crippen LogP contribution in [0.15, 0.2) is 18.2 Å². The summed E-state index contributed by atoms with van der Waals surface area (Å²) in [6.07, 6.45) is 3.47. The molecule has 1 aromatic rings. The molecule has 0 radical (unpaired) electrons. The summed E-state index contributed by atoms with van der Waals surface area (Å²) < 4.78 is 0. The van der Waals surface area contributed by atoms with Gasteiger partial charge in [-0.3, -0.25) is 9.59 Å². The van der Waals surface area contributed by atoms with E-state index in [1.807, 2.05) is 32.0 Å². The van der Waals surface area contributed by atoms with E-state index in [9.17, 15) is 9.59 Å². The number of Topliss-reactive ketones (excluding diaryl/α,β-unsaturated/α-hetero) is 1. The molecule has 0 saturated heterocycles. The number of hydrogen-bond acceptors (Lipinski definition) is 3. The van der Waals surface area contributed by atoms with Gasteiger partial charge in [0.25, 0.3) is 0 Å². The van der Waals surface area contributed by atoms with Crippen molar-refractivity contribution in [3.63, 3.8) is 0 Å². The molecule has 23 heavy (non-hydrogen) atoms. The van der Waals surface area contributed by atoms with Crippen molar-refractivity contribution in [2.24, 2.45) is 5.73 Å². The predicted molar refractivity (Wildman–Crippen MR) is 97.2 cm³/mol. The van der Waals surface area contributed by atoms with E-state index in [1.54, 1.807) is 0 Å². The number of ketones is 1. The van der Waals surface area contributed by atoms with E-state index in [0.717, 1.165) is 30.4 Å². The third kappa shape index (κ3) is 7.62. The Morgan fingerprint density at radius 3 is 2.52 bits per heavy atom. The Morgan fingerprint density at radius 2 is 1.91 bits per heavy atom. The quantitative estimate of drug-likeness (QED) is 0.677. The van der Waals surface area contributed by atoms with E-state index in [-0.39, 0.29) is 43.0 Å². The van der Waals surface area contributed by atoms with Crippen LogP contribution in [0, 0.1) is 13.8 Å². The molecular formula is C18H29ClN2O2. The van der Waals surface area contributed by atoms with Gasteiger partial charge < -0.3 is 11.1 Å². The van der Waals surface area contributed by atoms with Crippen molar-refractivity contribution in [2.45, 2.75) is 58.9 Å². The van der Waals surface area contributed by atoms with Crippen molar-refractivity contribution in [2.75, 3.05) is 6.54 Å². The Bertz CT molecular complexity index is 518. The van der Waals surface area contributed by atoms with E-state index in [0.29, 0.717) is 12.1 Å². The number of halogens is 1. The first-order chi connectivity index (χ1) is 10.5. The average molecular weight is 341 g/mol. The normalized spacial score (nSPS) is 11.5. The van der Waals surface area contributed by atoms with Gasteiger partial charge >= 0.3 is 0 Å². The van der Waals surface area contributed by atoms with Gasteiger partial charge in [0.15, 0.2) is 5.78 Å². The van der Waals surface area contributed by atoms with Crippen LogP contribution in [-0.4, -0.2) is 24.3 Å². The number of aryl methyl sites for hydroxylation is 2. The number of carbonyl (C=O) groups is 2. The lowest BCUT2D eigenvalue weighted by atomic mass is 9.99. The minimum atomic E-state index is -0.0924. The maximum atomic E-state index is 12.2. The SMILES string of the molecule is CCCCC(CN)NC(=O)CCC(=O)c1cc(C)ccc1C.Cl. The Hall–Kier alpha value is -1.39. The maximum Gasteiger partial charge on any atom is 0.220 e. The molecule has 0 spiro atoms. The van der Waals surface area contributed by atoms with Crippen molar-refractivity contribution in [1.82, 2.24) is 5.32 Å². The summed E-state index contributed by atoms with van der Waals surface area (Å²) in [5.41, 5.74) is 8.39. The largest absolute Gasteiger partial charge is 0.352 e. The lowest BCUT2D eigenvalue weighted by Crippen LogP contribution is -2.40. The van der Waals surface area contributed by atoms with E-state index in [4.69, 9.17) is 5.73 Å². The second-order valence-electron chi connectivity index (χ2n) is 5.88. The van der Waals surface area contributed by atoms with E-state index >= 15 is 0 Å². The molecule has 1 unspecified atom stereocenters. The van der Waals surface area contributed by atoms with Gasteiger partial charge in [0.05, 0.1) is 0 Å². The highest BCUT2D eigenvalue weighted by Crippen LogP contribution is 2.14. The first-order valence-corrected chi connectivity index (χ1v) is 8.07. The molecule has 5 heteroatoms. The van der Waals surface area contributed by atoms with Crippen molar-refractivity contribution < 1.29 is 9.59 Å². The molecule has 0 heterocycles. The smallest absolute Gasteiger partial charge is 0.220 e. The van der Waals surface area contributed by atoms with Gasteiger partial charge in [-0.2, -0.15) is 0 Å². The number of hydrogen-bond donors (Lipinski definition) is 2. The summed E-state index contributed by atoms with van der Waals surface area (Å²) >= 11 is 0. The highest BCUT2D eigenvalue weighted by Gasteiger charge is 2.14. The van der Waals surface area contributed by atoms with Gasteiger partial charge in [0.1, 0.15) is 0 Å². The van der Waals surface area contributed by atoms with Crippen molar-refractivity contribution >= 4 is 24.1 Å². The molecule has 4 nitrogen and oxygen atoms in total. The first kappa shape index (κ1) is 21.6. The van der Waals surface area contributed by atoms with Crippen molar-refractivity contribution in [3.05, 3.63) is 34.9 Å². The van der Waals surface area contributed by atoms with E-state index in [1.165, 1.54) is 0 Å². The molecule has 1 rings (SSSR count). The summed E-state index contributed by atoms with van der Waals surface area (Å²) in [7, 11) is 0. The zero-order valence-electron chi connectivity index (χ0n) is 14.4. The molecule has 0 saturated carbocycles. The number of nitrogens with two attached hydrogens (primary N) is 1. The zero-order chi connectivity index (χ0) is 16.5. The summed E-state index contributed by atoms with van der Waals surface area (Å²) in [5, 5.41) is 2.92. The molecule has 0 aliphatic rings. The van der Waals surface area contributed by atoms with Crippen LogP contribution in [0.5, 0.6) is 0 Å². The van der Waals surface area contributed by atoms with Crippen LogP contribution < -0.4 is 11.1 Å². The predicted octanol–water partition coefficient (Wildman–Crippen LogP) is 3.32. The molecule has 3 N–H and O–H groups in total. The fraction of sp³-hybridized carbons (Fsp3) is 0.556. The minimum absolute atomic E-state index is 0. The highest BCUT2D eigenvalue weighted by atomic mass is 35.5. The zero-order valence-corrected chi connectivity index (χ0v) is 15.2. The lowest BCUT2D eigenvalue weighted by Gasteiger charge is -2.16. The Balaban J connectivity index is 0.00000484. The fourth-order valence-electron chi connectivity index (χ4n) is 2.40. The van der Waals surface area contributed by atoms with Gasteiger partial charge in [-0.25, -0.2) is 0 Å². The number of amides is 1. The van der Waals surface area contributed by atoms with Crippen LogP contribution in [0.4, 0.5) is 0 Å². The molecule has 0 fully saturated rings. The molecule has 1 atom stereocenters. The molecule has 1 aromatic carbocycles. The van der Waals surface area contributed by atoms with E-state index < -0.39 is 0 Å². The maximum absolute atomic E-state index is 12.2. The van der Waals surface area contributed by atoms with Gasteiger partial charge in [-0.1, -0.05) is 37.5 Å². The molecule has 0 bridgehead atoms. The topological polar surface area (TPSA) is 72.2 Å². The molecule has 0 aliphatic carbocycles. The molecule has 0 aromatic heterocycles. The molecule has 0 aliphatic heterocycles. The van der Waals surface area contributed by atoms with Crippen LogP contribution >= 0.6 is 12.4 Å².